The molecule has 1 N–H and O–H groups in total. The lowest BCUT2D eigenvalue weighted by Crippen LogP contribution is -2.34. The summed E-state index contributed by atoms with van der Waals surface area (Å²) in [6, 6.07) is 10.9. The smallest absolute Gasteiger partial charge is 0.220 e. The zero-order valence-electron chi connectivity index (χ0n) is 17.7. The van der Waals surface area contributed by atoms with Crippen molar-refractivity contribution in [3.63, 3.8) is 0 Å². The first-order chi connectivity index (χ1) is 14.9. The minimum atomic E-state index is -0.730. The summed E-state index contributed by atoms with van der Waals surface area (Å²) in [4.78, 5) is 18.5. The van der Waals surface area contributed by atoms with Crippen LogP contribution < -0.4 is 10.1 Å². The second kappa shape index (κ2) is 10.2. The van der Waals surface area contributed by atoms with Crippen molar-refractivity contribution in [2.24, 2.45) is 0 Å². The van der Waals surface area contributed by atoms with Crippen molar-refractivity contribution >= 4 is 5.91 Å². The molecule has 3 aromatic rings. The number of likely N-dealkylation sites (N-methyl/N-ethyl adjacent to an activating group) is 1. The molecule has 31 heavy (non-hydrogen) atoms. The van der Waals surface area contributed by atoms with Crippen molar-refractivity contribution in [1.82, 2.24) is 15.2 Å². The molecule has 0 saturated heterocycles. The van der Waals surface area contributed by atoms with Crippen molar-refractivity contribution in [3.05, 3.63) is 71.8 Å². The van der Waals surface area contributed by atoms with Crippen LogP contribution in [0.3, 0.4) is 0 Å². The topological polar surface area (TPSA) is 67.6 Å². The summed E-state index contributed by atoms with van der Waals surface area (Å²) < 4.78 is 37.9. The second-order valence-electron chi connectivity index (χ2n) is 7.27. The van der Waals surface area contributed by atoms with Crippen LogP contribution in [0.25, 0.3) is 11.3 Å². The zero-order chi connectivity index (χ0) is 22.4. The van der Waals surface area contributed by atoms with E-state index in [1.165, 1.54) is 12.3 Å². The summed E-state index contributed by atoms with van der Waals surface area (Å²) in [6.07, 6.45) is 1.79. The van der Waals surface area contributed by atoms with Gasteiger partial charge < -0.3 is 19.4 Å². The van der Waals surface area contributed by atoms with Gasteiger partial charge in [-0.05, 0) is 32.3 Å². The van der Waals surface area contributed by atoms with Gasteiger partial charge in [0.05, 0.1) is 24.9 Å². The molecule has 0 saturated carbocycles. The number of methoxy groups -OCH3 is 1. The van der Waals surface area contributed by atoms with Crippen LogP contribution in [-0.2, 0) is 11.2 Å². The highest BCUT2D eigenvalue weighted by Crippen LogP contribution is 2.27. The van der Waals surface area contributed by atoms with E-state index in [0.717, 1.165) is 23.4 Å². The van der Waals surface area contributed by atoms with Gasteiger partial charge in [-0.2, -0.15) is 0 Å². The van der Waals surface area contributed by atoms with Gasteiger partial charge in [0, 0.05) is 31.0 Å². The summed E-state index contributed by atoms with van der Waals surface area (Å²) in [5.74, 6) is -0.293. The molecule has 3 rings (SSSR count). The SMILES string of the molecule is COc1ccccc1C(CNC(=O)CCc1ncc(-c2ccc(F)cc2F)o1)N(C)C. The van der Waals surface area contributed by atoms with Crippen LogP contribution in [0.1, 0.15) is 23.9 Å². The van der Waals surface area contributed by atoms with Crippen molar-refractivity contribution in [1.29, 1.82) is 0 Å². The van der Waals surface area contributed by atoms with Gasteiger partial charge in [0.25, 0.3) is 0 Å². The predicted molar refractivity (Wildman–Crippen MR) is 113 cm³/mol. The molecule has 1 aromatic heterocycles. The number of amides is 1. The first-order valence-electron chi connectivity index (χ1n) is 9.85. The number of hydrogen-bond donors (Lipinski definition) is 1. The van der Waals surface area contributed by atoms with Gasteiger partial charge in [-0.15, -0.1) is 0 Å². The number of para-hydroxylation sites is 1. The average molecular weight is 429 g/mol. The number of hydrogen-bond acceptors (Lipinski definition) is 5. The van der Waals surface area contributed by atoms with Crippen molar-refractivity contribution in [2.75, 3.05) is 27.7 Å². The quantitative estimate of drug-likeness (QED) is 0.557. The maximum atomic E-state index is 13.9. The Hall–Kier alpha value is -3.26. The lowest BCUT2D eigenvalue weighted by Gasteiger charge is -2.26. The van der Waals surface area contributed by atoms with Crippen LogP contribution in [0.5, 0.6) is 5.75 Å². The fraction of sp³-hybridized carbons (Fsp3) is 0.304. The number of benzene rings is 2. The highest BCUT2D eigenvalue weighted by atomic mass is 19.1. The summed E-state index contributed by atoms with van der Waals surface area (Å²) in [5.41, 5.74) is 1.10. The highest BCUT2D eigenvalue weighted by Gasteiger charge is 2.19. The van der Waals surface area contributed by atoms with Crippen LogP contribution in [-0.4, -0.2) is 43.5 Å². The molecule has 2 aromatic carbocycles. The number of aromatic nitrogens is 1. The minimum Gasteiger partial charge on any atom is -0.496 e. The standard InChI is InChI=1S/C23H25F2N3O3/c1-28(2)19(17-6-4-5-7-20(17)30-3)13-26-22(29)10-11-23-27-14-21(31-23)16-9-8-15(24)12-18(16)25/h4-9,12,14,19H,10-11,13H2,1-3H3,(H,26,29). The molecule has 0 spiro atoms. The van der Waals surface area contributed by atoms with E-state index in [-0.39, 0.29) is 36.1 Å². The predicted octanol–water partition coefficient (Wildman–Crippen LogP) is 3.98. The molecule has 1 unspecified atom stereocenters. The maximum Gasteiger partial charge on any atom is 0.220 e. The van der Waals surface area contributed by atoms with Crippen molar-refractivity contribution < 1.29 is 22.7 Å². The Balaban J connectivity index is 1.57. The first kappa shape index (κ1) is 22.4. The number of carbonyl (C=O) groups excluding carboxylic acids is 1. The van der Waals surface area contributed by atoms with Crippen LogP contribution >= 0.6 is 0 Å². The second-order valence-corrected chi connectivity index (χ2v) is 7.27. The normalized spacial score (nSPS) is 12.1. The number of carbonyl (C=O) groups is 1. The molecule has 164 valence electrons. The number of nitrogens with zero attached hydrogens (tertiary/aromatic N) is 2. The molecule has 0 aliphatic rings. The molecular formula is C23H25F2N3O3. The molecule has 0 bridgehead atoms. The fourth-order valence-electron chi connectivity index (χ4n) is 3.27. The van der Waals surface area contributed by atoms with E-state index < -0.39 is 11.6 Å². The van der Waals surface area contributed by atoms with Gasteiger partial charge in [-0.3, -0.25) is 4.79 Å². The largest absolute Gasteiger partial charge is 0.496 e. The Morgan fingerprint density at radius 3 is 2.71 bits per heavy atom. The summed E-state index contributed by atoms with van der Waals surface area (Å²) in [5, 5.41) is 2.93. The molecule has 0 aliphatic heterocycles. The van der Waals surface area contributed by atoms with Gasteiger partial charge in [-0.1, -0.05) is 18.2 Å². The van der Waals surface area contributed by atoms with Crippen LogP contribution in [0.4, 0.5) is 8.78 Å². The number of oxazole rings is 1. The molecule has 8 heteroatoms. The number of nitrogens with one attached hydrogen (secondary N) is 1. The molecule has 0 radical (unpaired) electrons. The Morgan fingerprint density at radius 1 is 1.23 bits per heavy atom. The fourth-order valence-corrected chi connectivity index (χ4v) is 3.27. The van der Waals surface area contributed by atoms with E-state index >= 15 is 0 Å². The number of rotatable bonds is 9. The Kier molecular flexibility index (Phi) is 7.36. The van der Waals surface area contributed by atoms with E-state index in [4.69, 9.17) is 9.15 Å². The van der Waals surface area contributed by atoms with Crippen LogP contribution in [0.15, 0.2) is 53.1 Å². The Morgan fingerprint density at radius 2 is 2.00 bits per heavy atom. The van der Waals surface area contributed by atoms with E-state index in [0.29, 0.717) is 12.4 Å². The summed E-state index contributed by atoms with van der Waals surface area (Å²) in [7, 11) is 5.49. The molecule has 1 amide bonds. The van der Waals surface area contributed by atoms with E-state index in [1.807, 2.05) is 43.3 Å². The van der Waals surface area contributed by atoms with Gasteiger partial charge in [0.2, 0.25) is 5.91 Å². The minimum absolute atomic E-state index is 0.0603. The maximum absolute atomic E-state index is 13.9. The Labute approximate surface area is 179 Å². The third-order valence-electron chi connectivity index (χ3n) is 4.93. The van der Waals surface area contributed by atoms with Gasteiger partial charge in [0.15, 0.2) is 11.7 Å². The monoisotopic (exact) mass is 429 g/mol. The Bertz CT molecular complexity index is 1040. The third kappa shape index (κ3) is 5.67. The molecular weight excluding hydrogens is 404 g/mol. The molecule has 0 fully saturated rings. The van der Waals surface area contributed by atoms with Crippen molar-refractivity contribution in [2.45, 2.75) is 18.9 Å². The number of ether oxygens (including phenoxy) is 1. The van der Waals surface area contributed by atoms with E-state index in [9.17, 15) is 13.6 Å². The van der Waals surface area contributed by atoms with Gasteiger partial charge >= 0.3 is 0 Å². The van der Waals surface area contributed by atoms with Crippen molar-refractivity contribution in [3.8, 4) is 17.1 Å². The average Bonchev–Trinajstić information content (AvgIpc) is 3.21. The zero-order valence-corrected chi connectivity index (χ0v) is 17.7. The van der Waals surface area contributed by atoms with Gasteiger partial charge in [0.1, 0.15) is 17.4 Å². The molecule has 1 atom stereocenters. The van der Waals surface area contributed by atoms with E-state index in [2.05, 4.69) is 10.3 Å². The van der Waals surface area contributed by atoms with Crippen LogP contribution in [0.2, 0.25) is 0 Å². The molecule has 0 aliphatic carbocycles. The highest BCUT2D eigenvalue weighted by molar-refractivity contribution is 5.76. The van der Waals surface area contributed by atoms with E-state index in [1.54, 1.807) is 7.11 Å². The first-order valence-corrected chi connectivity index (χ1v) is 9.85. The number of halogens is 2. The summed E-state index contributed by atoms with van der Waals surface area (Å²) in [6.45, 7) is 0.407. The summed E-state index contributed by atoms with van der Waals surface area (Å²) >= 11 is 0. The number of aryl methyl sites for hydroxylation is 1. The lowest BCUT2D eigenvalue weighted by atomic mass is 10.0. The molecule has 6 nitrogen and oxygen atoms in total. The van der Waals surface area contributed by atoms with Gasteiger partial charge in [-0.25, -0.2) is 13.8 Å². The third-order valence-corrected chi connectivity index (χ3v) is 4.93. The molecule has 1 heterocycles. The van der Waals surface area contributed by atoms with Crippen LogP contribution in [0, 0.1) is 11.6 Å². The lowest BCUT2D eigenvalue weighted by molar-refractivity contribution is -0.121.